The third-order valence-electron chi connectivity index (χ3n) is 0.749. The summed E-state index contributed by atoms with van der Waals surface area (Å²) in [5.41, 5.74) is 0. The predicted octanol–water partition coefficient (Wildman–Crippen LogP) is 0.940. The van der Waals surface area contributed by atoms with Crippen LogP contribution in [-0.2, 0) is 4.43 Å². The largest absolute Gasteiger partial charge is 0.552 e. The zero-order chi connectivity index (χ0) is 6.57. The molecule has 0 fully saturated rings. The molecule has 0 heterocycles. The lowest BCUT2D eigenvalue weighted by molar-refractivity contribution is 0.488. The Labute approximate surface area is 57.5 Å². The Morgan fingerprint density at radius 3 is 2.38 bits per heavy atom. The molecule has 0 spiro atoms. The van der Waals surface area contributed by atoms with Gasteiger partial charge in [-0.2, -0.15) is 0 Å². The van der Waals surface area contributed by atoms with Gasteiger partial charge in [-0.1, -0.05) is 18.2 Å². The molecule has 46 valence electrons. The van der Waals surface area contributed by atoms with Gasteiger partial charge in [0, 0.05) is 0 Å². The van der Waals surface area contributed by atoms with E-state index in [1.54, 1.807) is 6.08 Å². The maximum atomic E-state index is 5.48. The van der Waals surface area contributed by atoms with Gasteiger partial charge < -0.3 is 4.43 Å². The summed E-state index contributed by atoms with van der Waals surface area (Å²) in [6.45, 7) is 5.35. The molecule has 0 rings (SSSR count). The molecule has 3 heteroatoms. The minimum Gasteiger partial charge on any atom is -0.552 e. The van der Waals surface area contributed by atoms with Crippen molar-refractivity contribution in [3.05, 3.63) is 23.4 Å². The van der Waals surface area contributed by atoms with Gasteiger partial charge in [0.15, 0.2) is 0 Å². The topological polar surface area (TPSA) is 9.23 Å². The first-order valence-electron chi connectivity index (χ1n) is 2.27. The first-order chi connectivity index (χ1) is 3.72. The van der Waals surface area contributed by atoms with E-state index in [2.05, 4.69) is 6.58 Å². The number of halogens is 1. The maximum Gasteiger partial charge on any atom is 0.204 e. The fraction of sp³-hybridized carbons (Fsp3) is 0.200. The van der Waals surface area contributed by atoms with E-state index < -0.39 is 0 Å². The molecule has 1 nitrogen and oxygen atoms in total. The van der Waals surface area contributed by atoms with Crippen LogP contribution in [-0.4, -0.2) is 10.5 Å². The highest BCUT2D eigenvalue weighted by Gasteiger charge is 1.92. The summed E-state index contributed by atoms with van der Waals surface area (Å²) in [6.07, 6.45) is 1.79. The molecule has 0 saturated heterocycles. The highest BCUT2D eigenvalue weighted by molar-refractivity contribution is 6.31. The molecule has 0 amide bonds. The van der Waals surface area contributed by atoms with Gasteiger partial charge in [0.25, 0.3) is 0 Å². The molecule has 8 heavy (non-hydrogen) atoms. The molecule has 0 N–H and O–H groups in total. The lowest BCUT2D eigenvalue weighted by Crippen LogP contribution is -1.84. The average Bonchev–Trinajstić information content (AvgIpc) is 1.69. The summed E-state index contributed by atoms with van der Waals surface area (Å²) in [5, 5.41) is 0.475. The van der Waals surface area contributed by atoms with Crippen molar-refractivity contribution >= 4 is 22.1 Å². The Bertz CT molecular complexity index is 120. The first-order valence-corrected chi connectivity index (χ1v) is 3.47. The Hall–Kier alpha value is -0.213. The molecule has 0 aliphatic rings. The average molecular weight is 149 g/mol. The zero-order valence-corrected chi connectivity index (χ0v) is 7.83. The molecule has 0 aliphatic carbocycles. The van der Waals surface area contributed by atoms with Crippen molar-refractivity contribution < 1.29 is 4.43 Å². The van der Waals surface area contributed by atoms with Crippen molar-refractivity contribution in [3.63, 3.8) is 0 Å². The van der Waals surface area contributed by atoms with Crippen molar-refractivity contribution in [2.75, 3.05) is 0 Å². The van der Waals surface area contributed by atoms with Gasteiger partial charge in [0.05, 0.1) is 5.03 Å². The molecule has 0 atom stereocenters. The Balaban J connectivity index is 3.92. The van der Waals surface area contributed by atoms with Gasteiger partial charge in [-0.15, -0.1) is 0 Å². The van der Waals surface area contributed by atoms with Crippen LogP contribution >= 0.6 is 11.6 Å². The lowest BCUT2D eigenvalue weighted by atomic mass is 10.5. The molecular formula is C5H9ClOSi. The second-order valence-electron chi connectivity index (χ2n) is 1.26. The summed E-state index contributed by atoms with van der Waals surface area (Å²) < 4.78 is 4.93. The van der Waals surface area contributed by atoms with Crippen LogP contribution in [0.25, 0.3) is 0 Å². The summed E-state index contributed by atoms with van der Waals surface area (Å²) in [6, 6.07) is 0. The molecular weight excluding hydrogens is 140 g/mol. The van der Waals surface area contributed by atoms with Gasteiger partial charge >= 0.3 is 0 Å². The standard InChI is InChI=1S/C5H9ClOSi/c1-3-5(7-8)4(2)6/h3H,2H2,1,8H3. The van der Waals surface area contributed by atoms with E-state index in [4.69, 9.17) is 16.0 Å². The van der Waals surface area contributed by atoms with Crippen molar-refractivity contribution in [2.45, 2.75) is 6.92 Å². The van der Waals surface area contributed by atoms with Gasteiger partial charge in [-0.25, -0.2) is 0 Å². The van der Waals surface area contributed by atoms with E-state index in [-0.39, 0.29) is 0 Å². The van der Waals surface area contributed by atoms with Crippen molar-refractivity contribution in [3.8, 4) is 0 Å². The first kappa shape index (κ1) is 7.79. The lowest BCUT2D eigenvalue weighted by Gasteiger charge is -2.00. The predicted molar refractivity (Wildman–Crippen MR) is 39.8 cm³/mol. The van der Waals surface area contributed by atoms with E-state index >= 15 is 0 Å². The van der Waals surface area contributed by atoms with Crippen molar-refractivity contribution in [1.29, 1.82) is 0 Å². The highest BCUT2D eigenvalue weighted by atomic mass is 35.5. The van der Waals surface area contributed by atoms with Crippen LogP contribution in [0.5, 0.6) is 0 Å². The SMILES string of the molecule is C=C(Cl)C(=CC)O[SiH3]. The minimum atomic E-state index is 0.475. The summed E-state index contributed by atoms with van der Waals surface area (Å²) >= 11 is 5.48. The molecule has 0 saturated carbocycles. The monoisotopic (exact) mass is 148 g/mol. The minimum absolute atomic E-state index is 0.475. The van der Waals surface area contributed by atoms with Gasteiger partial charge in [0.1, 0.15) is 5.76 Å². The Morgan fingerprint density at radius 2 is 2.38 bits per heavy atom. The van der Waals surface area contributed by atoms with Crippen LogP contribution in [0.2, 0.25) is 0 Å². The van der Waals surface area contributed by atoms with E-state index in [9.17, 15) is 0 Å². The molecule has 0 aromatic heterocycles. The van der Waals surface area contributed by atoms with Crippen molar-refractivity contribution in [1.82, 2.24) is 0 Å². The van der Waals surface area contributed by atoms with Gasteiger partial charge in [-0.05, 0) is 13.0 Å². The molecule has 0 bridgehead atoms. The summed E-state index contributed by atoms with van der Waals surface area (Å²) in [7, 11) is 0.666. The van der Waals surface area contributed by atoms with Crippen LogP contribution in [0.1, 0.15) is 6.92 Å². The second-order valence-corrected chi connectivity index (χ2v) is 2.13. The van der Waals surface area contributed by atoms with Crippen LogP contribution in [0, 0.1) is 0 Å². The third kappa shape index (κ3) is 2.19. The van der Waals surface area contributed by atoms with E-state index in [1.807, 2.05) is 6.92 Å². The number of hydrogen-bond acceptors (Lipinski definition) is 1. The normalized spacial score (nSPS) is 11.5. The van der Waals surface area contributed by atoms with E-state index in [0.29, 0.717) is 21.3 Å². The van der Waals surface area contributed by atoms with Crippen molar-refractivity contribution in [2.24, 2.45) is 0 Å². The zero-order valence-electron chi connectivity index (χ0n) is 5.07. The quantitative estimate of drug-likeness (QED) is 0.322. The van der Waals surface area contributed by atoms with Gasteiger partial charge in [-0.3, -0.25) is 0 Å². The van der Waals surface area contributed by atoms with E-state index in [1.165, 1.54) is 0 Å². The molecule has 0 aromatic rings. The van der Waals surface area contributed by atoms with Crippen LogP contribution in [0.3, 0.4) is 0 Å². The van der Waals surface area contributed by atoms with Crippen LogP contribution < -0.4 is 0 Å². The highest BCUT2D eigenvalue weighted by Crippen LogP contribution is 2.10. The number of rotatable bonds is 2. The summed E-state index contributed by atoms with van der Waals surface area (Å²) in [4.78, 5) is 0. The Kier molecular flexibility index (Phi) is 3.65. The van der Waals surface area contributed by atoms with E-state index in [0.717, 1.165) is 0 Å². The second kappa shape index (κ2) is 3.75. The molecule has 0 aromatic carbocycles. The van der Waals surface area contributed by atoms with Crippen LogP contribution in [0.15, 0.2) is 23.4 Å². The van der Waals surface area contributed by atoms with Gasteiger partial charge in [0.2, 0.25) is 10.5 Å². The van der Waals surface area contributed by atoms with Crippen LogP contribution in [0.4, 0.5) is 0 Å². The maximum absolute atomic E-state index is 5.48. The fourth-order valence-corrected chi connectivity index (χ4v) is 1.18. The molecule has 0 radical (unpaired) electrons. The smallest absolute Gasteiger partial charge is 0.204 e. The summed E-state index contributed by atoms with van der Waals surface area (Å²) in [5.74, 6) is 0.693. The number of allylic oxidation sites excluding steroid dienone is 2. The third-order valence-corrected chi connectivity index (χ3v) is 1.38. The Morgan fingerprint density at radius 1 is 1.88 bits per heavy atom. The molecule has 0 aliphatic heterocycles. The number of hydrogen-bond donors (Lipinski definition) is 0. The fourth-order valence-electron chi connectivity index (χ4n) is 0.385. The molecule has 0 unspecified atom stereocenters.